The minimum Gasteiger partial charge on any atom is -0.342 e. The van der Waals surface area contributed by atoms with Crippen molar-refractivity contribution >= 4 is 15.7 Å². The quantitative estimate of drug-likeness (QED) is 0.782. The highest BCUT2D eigenvalue weighted by atomic mass is 32.2. The molecule has 0 radical (unpaired) electrons. The number of carbonyl (C=O) groups is 1. The minimum absolute atomic E-state index is 0.144. The van der Waals surface area contributed by atoms with Crippen molar-refractivity contribution in [2.45, 2.75) is 32.1 Å². The lowest BCUT2D eigenvalue weighted by atomic mass is 9.99. The van der Waals surface area contributed by atoms with Gasteiger partial charge >= 0.3 is 0 Å². The maximum absolute atomic E-state index is 12.4. The Hall–Kier alpha value is -0.580. The highest BCUT2D eigenvalue weighted by molar-refractivity contribution is 7.90. The van der Waals surface area contributed by atoms with Crippen LogP contribution >= 0.6 is 0 Å². The van der Waals surface area contributed by atoms with Gasteiger partial charge in [0.25, 0.3) is 0 Å². The molecule has 3 atom stereocenters. The van der Waals surface area contributed by atoms with E-state index < -0.39 is 9.84 Å². The predicted octanol–water partition coefficient (Wildman–Crippen LogP) is 1.32. The monoisotopic (exact) mass is 285 g/mol. The number of piperidine rings is 1. The van der Waals surface area contributed by atoms with Gasteiger partial charge < -0.3 is 4.90 Å². The maximum Gasteiger partial charge on any atom is 0.225 e. The van der Waals surface area contributed by atoms with Gasteiger partial charge in [-0.3, -0.25) is 4.79 Å². The van der Waals surface area contributed by atoms with Crippen molar-refractivity contribution in [2.75, 3.05) is 25.1 Å². The summed E-state index contributed by atoms with van der Waals surface area (Å²) < 4.78 is 22.7. The Bertz CT molecular complexity index is 469. The summed E-state index contributed by atoms with van der Waals surface area (Å²) in [6, 6.07) is 0. The van der Waals surface area contributed by atoms with E-state index in [1.807, 2.05) is 4.90 Å². The van der Waals surface area contributed by atoms with Crippen LogP contribution in [0, 0.1) is 23.7 Å². The average molecular weight is 285 g/mol. The Balaban J connectivity index is 1.54. The first kappa shape index (κ1) is 13.4. The molecule has 0 aromatic heterocycles. The highest BCUT2D eigenvalue weighted by Gasteiger charge is 2.52. The van der Waals surface area contributed by atoms with Gasteiger partial charge in [-0.2, -0.15) is 0 Å². The molecule has 3 aliphatic rings. The lowest BCUT2D eigenvalue weighted by molar-refractivity contribution is -0.134. The Morgan fingerprint density at radius 3 is 2.63 bits per heavy atom. The van der Waals surface area contributed by atoms with Crippen molar-refractivity contribution in [3.8, 4) is 0 Å². The highest BCUT2D eigenvalue weighted by Crippen LogP contribution is 2.55. The maximum atomic E-state index is 12.4. The zero-order valence-electron chi connectivity index (χ0n) is 11.5. The number of hydrogen-bond donors (Lipinski definition) is 0. The lowest BCUT2D eigenvalue weighted by Crippen LogP contribution is -2.42. The second-order valence-electron chi connectivity index (χ2n) is 6.73. The van der Waals surface area contributed by atoms with Crippen LogP contribution in [0.3, 0.4) is 0 Å². The molecule has 4 nitrogen and oxygen atoms in total. The molecule has 1 aliphatic heterocycles. The van der Waals surface area contributed by atoms with Gasteiger partial charge in [-0.05, 0) is 49.9 Å². The molecule has 3 rings (SSSR count). The van der Waals surface area contributed by atoms with Crippen molar-refractivity contribution in [2.24, 2.45) is 23.7 Å². The first-order valence-electron chi connectivity index (χ1n) is 7.40. The molecular formula is C14H23NO3S. The van der Waals surface area contributed by atoms with E-state index in [0.717, 1.165) is 31.7 Å². The largest absolute Gasteiger partial charge is 0.342 e. The summed E-state index contributed by atoms with van der Waals surface area (Å²) in [5, 5.41) is 0. The zero-order valence-corrected chi connectivity index (χ0v) is 12.4. The SMILES string of the molecule is CS(=O)(=O)CC1CCCN(C(=O)[C@H]2C[C@@H]2C2CC2)C1. The Labute approximate surface area is 115 Å². The van der Waals surface area contributed by atoms with E-state index >= 15 is 0 Å². The molecule has 5 heteroatoms. The van der Waals surface area contributed by atoms with E-state index in [-0.39, 0.29) is 17.6 Å². The molecule has 1 amide bonds. The number of carbonyl (C=O) groups excluding carboxylic acids is 1. The molecular weight excluding hydrogens is 262 g/mol. The van der Waals surface area contributed by atoms with Crippen LogP contribution in [0.4, 0.5) is 0 Å². The standard InChI is InChI=1S/C14H23NO3S/c1-19(17,18)9-10-3-2-6-15(8-10)14(16)13-7-12(13)11-4-5-11/h10-13H,2-9H2,1H3/t10?,12-,13+/m1/s1. The van der Waals surface area contributed by atoms with Gasteiger partial charge in [0.05, 0.1) is 5.75 Å². The first-order valence-corrected chi connectivity index (χ1v) is 9.46. The smallest absolute Gasteiger partial charge is 0.225 e. The van der Waals surface area contributed by atoms with Gasteiger partial charge in [0.1, 0.15) is 9.84 Å². The van der Waals surface area contributed by atoms with Crippen molar-refractivity contribution < 1.29 is 13.2 Å². The molecule has 1 unspecified atom stereocenters. The fourth-order valence-electron chi connectivity index (χ4n) is 3.61. The van der Waals surface area contributed by atoms with E-state index in [2.05, 4.69) is 0 Å². The summed E-state index contributed by atoms with van der Waals surface area (Å²) >= 11 is 0. The Morgan fingerprint density at radius 2 is 2.00 bits per heavy atom. The minimum atomic E-state index is -2.93. The summed E-state index contributed by atoms with van der Waals surface area (Å²) in [6.07, 6.45) is 6.88. The van der Waals surface area contributed by atoms with E-state index in [0.29, 0.717) is 18.4 Å². The molecule has 0 bridgehead atoms. The lowest BCUT2D eigenvalue weighted by Gasteiger charge is -2.32. The van der Waals surface area contributed by atoms with Gasteiger partial charge in [0, 0.05) is 25.3 Å². The normalized spacial score (nSPS) is 35.2. The van der Waals surface area contributed by atoms with Crippen molar-refractivity contribution in [3.63, 3.8) is 0 Å². The second-order valence-corrected chi connectivity index (χ2v) is 8.91. The van der Waals surface area contributed by atoms with Crippen LogP contribution in [0.15, 0.2) is 0 Å². The van der Waals surface area contributed by atoms with Gasteiger partial charge in [-0.15, -0.1) is 0 Å². The summed E-state index contributed by atoms with van der Waals surface area (Å²) in [5.41, 5.74) is 0. The molecule has 1 heterocycles. The summed E-state index contributed by atoms with van der Waals surface area (Å²) in [5.74, 6) is 2.42. The van der Waals surface area contributed by atoms with Crippen molar-refractivity contribution in [3.05, 3.63) is 0 Å². The van der Waals surface area contributed by atoms with Crippen LogP contribution in [0.5, 0.6) is 0 Å². The topological polar surface area (TPSA) is 54.5 Å². The van der Waals surface area contributed by atoms with Crippen molar-refractivity contribution in [1.82, 2.24) is 4.90 Å². The summed E-state index contributed by atoms with van der Waals surface area (Å²) in [4.78, 5) is 14.3. The van der Waals surface area contributed by atoms with Gasteiger partial charge in [0.15, 0.2) is 0 Å². The van der Waals surface area contributed by atoms with Crippen LogP contribution in [-0.4, -0.2) is 44.3 Å². The third-order valence-electron chi connectivity index (χ3n) is 4.75. The third kappa shape index (κ3) is 3.30. The Morgan fingerprint density at radius 1 is 1.26 bits per heavy atom. The molecule has 108 valence electrons. The zero-order chi connectivity index (χ0) is 13.6. The molecule has 0 N–H and O–H groups in total. The van der Waals surface area contributed by atoms with Gasteiger partial charge in [-0.1, -0.05) is 0 Å². The van der Waals surface area contributed by atoms with Crippen LogP contribution in [-0.2, 0) is 14.6 Å². The number of nitrogens with zero attached hydrogens (tertiary/aromatic N) is 1. The van der Waals surface area contributed by atoms with E-state index in [1.165, 1.54) is 19.1 Å². The van der Waals surface area contributed by atoms with E-state index in [4.69, 9.17) is 0 Å². The van der Waals surface area contributed by atoms with Crippen LogP contribution in [0.1, 0.15) is 32.1 Å². The van der Waals surface area contributed by atoms with E-state index in [1.54, 1.807) is 0 Å². The molecule has 0 aromatic carbocycles. The molecule has 1 saturated heterocycles. The molecule has 19 heavy (non-hydrogen) atoms. The van der Waals surface area contributed by atoms with Gasteiger partial charge in [0.2, 0.25) is 5.91 Å². The second kappa shape index (κ2) is 4.76. The molecule has 0 aromatic rings. The molecule has 0 spiro atoms. The first-order chi connectivity index (χ1) is 8.94. The predicted molar refractivity (Wildman–Crippen MR) is 73.3 cm³/mol. The number of amides is 1. The van der Waals surface area contributed by atoms with Crippen LogP contribution < -0.4 is 0 Å². The Kier molecular flexibility index (Phi) is 3.36. The number of hydrogen-bond acceptors (Lipinski definition) is 3. The van der Waals surface area contributed by atoms with E-state index in [9.17, 15) is 13.2 Å². The number of likely N-dealkylation sites (tertiary alicyclic amines) is 1. The number of sulfone groups is 1. The fraction of sp³-hybridized carbons (Fsp3) is 0.929. The molecule has 3 fully saturated rings. The molecule has 2 aliphatic carbocycles. The van der Waals surface area contributed by atoms with Crippen LogP contribution in [0.25, 0.3) is 0 Å². The van der Waals surface area contributed by atoms with Crippen LogP contribution in [0.2, 0.25) is 0 Å². The summed E-state index contributed by atoms with van der Waals surface area (Å²) in [7, 11) is -2.93. The molecule has 2 saturated carbocycles. The van der Waals surface area contributed by atoms with Gasteiger partial charge in [-0.25, -0.2) is 8.42 Å². The third-order valence-corrected chi connectivity index (χ3v) is 5.83. The number of rotatable bonds is 4. The fourth-order valence-corrected chi connectivity index (χ4v) is 4.74. The summed E-state index contributed by atoms with van der Waals surface area (Å²) in [6.45, 7) is 1.48. The van der Waals surface area contributed by atoms with Crippen molar-refractivity contribution in [1.29, 1.82) is 0 Å². The average Bonchev–Trinajstić information content (AvgIpc) is 3.16.